The highest BCUT2D eigenvalue weighted by atomic mass is 35.7. The topological polar surface area (TPSA) is 81.1 Å². The van der Waals surface area contributed by atoms with E-state index in [1.54, 1.807) is 37.0 Å². The van der Waals surface area contributed by atoms with E-state index >= 15 is 0 Å². The van der Waals surface area contributed by atoms with Gasteiger partial charge in [0.1, 0.15) is 0 Å². The minimum Gasteiger partial charge on any atom is -0.348 e. The third-order valence-corrected chi connectivity index (χ3v) is 4.29. The van der Waals surface area contributed by atoms with Crippen LogP contribution in [0.15, 0.2) is 35.4 Å². The van der Waals surface area contributed by atoms with E-state index in [-0.39, 0.29) is 17.3 Å². The van der Waals surface area contributed by atoms with Crippen LogP contribution < -0.4 is 5.32 Å². The van der Waals surface area contributed by atoms with Crippen molar-refractivity contribution >= 4 is 25.6 Å². The number of aryl methyl sites for hydroxylation is 2. The molecule has 2 aromatic rings. The van der Waals surface area contributed by atoms with Gasteiger partial charge in [0.2, 0.25) is 0 Å². The molecule has 21 heavy (non-hydrogen) atoms. The van der Waals surface area contributed by atoms with Crippen molar-refractivity contribution in [2.75, 3.05) is 0 Å². The first-order valence-corrected chi connectivity index (χ1v) is 8.40. The Labute approximate surface area is 127 Å². The van der Waals surface area contributed by atoms with Gasteiger partial charge in [-0.25, -0.2) is 8.42 Å². The molecular weight excluding hydrogens is 314 g/mol. The molecule has 1 N–H and O–H groups in total. The smallest absolute Gasteiger partial charge is 0.261 e. The van der Waals surface area contributed by atoms with Gasteiger partial charge in [-0.15, -0.1) is 0 Å². The summed E-state index contributed by atoms with van der Waals surface area (Å²) < 4.78 is 23.8. The largest absolute Gasteiger partial charge is 0.348 e. The molecule has 0 unspecified atom stereocenters. The molecule has 2 rings (SSSR count). The van der Waals surface area contributed by atoms with Crippen LogP contribution >= 0.6 is 10.7 Å². The van der Waals surface area contributed by atoms with E-state index < -0.39 is 9.05 Å². The van der Waals surface area contributed by atoms with Gasteiger partial charge >= 0.3 is 0 Å². The first-order valence-electron chi connectivity index (χ1n) is 6.09. The van der Waals surface area contributed by atoms with E-state index in [9.17, 15) is 13.2 Å². The normalized spacial score (nSPS) is 11.4. The Kier molecular flexibility index (Phi) is 4.34. The van der Waals surface area contributed by atoms with Gasteiger partial charge in [0.05, 0.1) is 16.2 Å². The molecule has 1 amide bonds. The predicted molar refractivity (Wildman–Crippen MR) is 78.6 cm³/mol. The van der Waals surface area contributed by atoms with E-state index in [0.717, 1.165) is 5.56 Å². The Balaban J connectivity index is 2.03. The van der Waals surface area contributed by atoms with Crippen molar-refractivity contribution in [2.24, 2.45) is 7.05 Å². The lowest BCUT2D eigenvalue weighted by Gasteiger charge is -2.05. The number of aromatic nitrogens is 2. The molecule has 0 aliphatic carbocycles. The fourth-order valence-corrected chi connectivity index (χ4v) is 2.64. The predicted octanol–water partition coefficient (Wildman–Crippen LogP) is 1.59. The van der Waals surface area contributed by atoms with Crippen molar-refractivity contribution in [3.8, 4) is 0 Å². The van der Waals surface area contributed by atoms with Crippen molar-refractivity contribution in [1.29, 1.82) is 0 Å². The van der Waals surface area contributed by atoms with Gasteiger partial charge < -0.3 is 5.32 Å². The Morgan fingerprint density at radius 3 is 2.43 bits per heavy atom. The third kappa shape index (κ3) is 3.83. The molecule has 0 atom stereocenters. The minimum atomic E-state index is -3.72. The van der Waals surface area contributed by atoms with Gasteiger partial charge in [-0.3, -0.25) is 9.48 Å². The highest BCUT2D eigenvalue weighted by Crippen LogP contribution is 2.15. The number of nitrogens with one attached hydrogen (secondary N) is 1. The first kappa shape index (κ1) is 15.5. The van der Waals surface area contributed by atoms with E-state index in [2.05, 4.69) is 10.4 Å². The SMILES string of the molecule is Cc1nn(C)cc1C(=O)NCc1ccc(S(=O)(=O)Cl)cc1. The maximum absolute atomic E-state index is 12.0. The lowest BCUT2D eigenvalue weighted by atomic mass is 10.2. The Morgan fingerprint density at radius 2 is 1.95 bits per heavy atom. The molecule has 0 aliphatic rings. The second-order valence-electron chi connectivity index (χ2n) is 4.57. The highest BCUT2D eigenvalue weighted by molar-refractivity contribution is 8.13. The molecule has 0 radical (unpaired) electrons. The van der Waals surface area contributed by atoms with E-state index in [0.29, 0.717) is 11.3 Å². The molecule has 112 valence electrons. The second kappa shape index (κ2) is 5.87. The summed E-state index contributed by atoms with van der Waals surface area (Å²) in [5.41, 5.74) is 1.94. The number of carbonyl (C=O) groups is 1. The molecule has 0 fully saturated rings. The zero-order valence-corrected chi connectivity index (χ0v) is 13.1. The number of benzene rings is 1. The van der Waals surface area contributed by atoms with Crippen molar-refractivity contribution < 1.29 is 13.2 Å². The standard InChI is InChI=1S/C13H14ClN3O3S/c1-9-12(8-17(2)16-9)13(18)15-7-10-3-5-11(6-4-10)21(14,19)20/h3-6,8H,7H2,1-2H3,(H,15,18). The van der Waals surface area contributed by atoms with E-state index in [1.807, 2.05) is 0 Å². The van der Waals surface area contributed by atoms with Crippen molar-refractivity contribution in [3.05, 3.63) is 47.3 Å². The van der Waals surface area contributed by atoms with Crippen LogP contribution in [0.5, 0.6) is 0 Å². The summed E-state index contributed by atoms with van der Waals surface area (Å²) in [4.78, 5) is 12.0. The van der Waals surface area contributed by atoms with Crippen LogP contribution in [0.3, 0.4) is 0 Å². The summed E-state index contributed by atoms with van der Waals surface area (Å²) >= 11 is 0. The number of hydrogen-bond donors (Lipinski definition) is 1. The van der Waals surface area contributed by atoms with Crippen molar-refractivity contribution in [3.63, 3.8) is 0 Å². The molecule has 0 spiro atoms. The molecule has 6 nitrogen and oxygen atoms in total. The molecule has 0 saturated carbocycles. The second-order valence-corrected chi connectivity index (χ2v) is 7.13. The Bertz CT molecular complexity index is 766. The quantitative estimate of drug-likeness (QED) is 0.865. The summed E-state index contributed by atoms with van der Waals surface area (Å²) in [6.45, 7) is 2.05. The van der Waals surface area contributed by atoms with Crippen molar-refractivity contribution in [1.82, 2.24) is 15.1 Å². The maximum atomic E-state index is 12.0. The summed E-state index contributed by atoms with van der Waals surface area (Å²) in [6.07, 6.45) is 1.65. The maximum Gasteiger partial charge on any atom is 0.261 e. The minimum absolute atomic E-state index is 0.0300. The van der Waals surface area contributed by atoms with Crippen LogP contribution in [0.1, 0.15) is 21.6 Å². The zero-order valence-electron chi connectivity index (χ0n) is 11.5. The summed E-state index contributed by atoms with van der Waals surface area (Å²) in [7, 11) is 3.25. The monoisotopic (exact) mass is 327 g/mol. The molecule has 1 heterocycles. The number of carbonyl (C=O) groups excluding carboxylic acids is 1. The molecule has 8 heteroatoms. The number of hydrogen-bond acceptors (Lipinski definition) is 4. The van der Waals surface area contributed by atoms with Crippen LogP contribution in [0.2, 0.25) is 0 Å². The highest BCUT2D eigenvalue weighted by Gasteiger charge is 2.12. The molecule has 0 bridgehead atoms. The van der Waals surface area contributed by atoms with Gasteiger partial charge in [0.25, 0.3) is 15.0 Å². The van der Waals surface area contributed by atoms with Gasteiger partial charge in [-0.05, 0) is 24.6 Å². The van der Waals surface area contributed by atoms with Gasteiger partial charge in [-0.1, -0.05) is 12.1 Å². The summed E-state index contributed by atoms with van der Waals surface area (Å²) in [5.74, 6) is -0.227. The molecule has 1 aromatic heterocycles. The number of nitrogens with zero attached hydrogens (tertiary/aromatic N) is 2. The van der Waals surface area contributed by atoms with Crippen LogP contribution in [-0.4, -0.2) is 24.1 Å². The first-order chi connectivity index (χ1) is 9.77. The van der Waals surface area contributed by atoms with E-state index in [1.165, 1.54) is 12.1 Å². The molecule has 1 aromatic carbocycles. The Morgan fingerprint density at radius 1 is 1.33 bits per heavy atom. The van der Waals surface area contributed by atoms with Crippen LogP contribution in [-0.2, 0) is 22.6 Å². The average Bonchev–Trinajstić information content (AvgIpc) is 2.74. The van der Waals surface area contributed by atoms with Crippen LogP contribution in [0.25, 0.3) is 0 Å². The van der Waals surface area contributed by atoms with Gasteiger partial charge in [0.15, 0.2) is 0 Å². The number of rotatable bonds is 4. The van der Waals surface area contributed by atoms with Gasteiger partial charge in [-0.2, -0.15) is 5.10 Å². The number of amides is 1. The lowest BCUT2D eigenvalue weighted by Crippen LogP contribution is -2.23. The number of halogens is 1. The lowest BCUT2D eigenvalue weighted by molar-refractivity contribution is 0.0950. The fourth-order valence-electron chi connectivity index (χ4n) is 1.87. The third-order valence-electron chi connectivity index (χ3n) is 2.92. The van der Waals surface area contributed by atoms with Crippen LogP contribution in [0.4, 0.5) is 0 Å². The zero-order chi connectivity index (χ0) is 15.6. The molecular formula is C13H14ClN3O3S. The fraction of sp³-hybridized carbons (Fsp3) is 0.231. The van der Waals surface area contributed by atoms with Gasteiger partial charge in [0, 0.05) is 30.5 Å². The average molecular weight is 328 g/mol. The summed E-state index contributed by atoms with van der Waals surface area (Å²) in [6, 6.07) is 6.01. The Hall–Kier alpha value is -1.86. The van der Waals surface area contributed by atoms with E-state index in [4.69, 9.17) is 10.7 Å². The summed E-state index contributed by atoms with van der Waals surface area (Å²) in [5, 5.41) is 6.85. The molecule has 0 saturated heterocycles. The van der Waals surface area contributed by atoms with Crippen LogP contribution in [0, 0.1) is 6.92 Å². The molecule has 0 aliphatic heterocycles. The van der Waals surface area contributed by atoms with Crippen molar-refractivity contribution in [2.45, 2.75) is 18.4 Å².